The average molecular weight is 177 g/mol. The lowest BCUT2D eigenvalue weighted by Crippen LogP contribution is -2.14. The van der Waals surface area contributed by atoms with E-state index in [-0.39, 0.29) is 5.84 Å². The van der Waals surface area contributed by atoms with Crippen molar-refractivity contribution in [3.8, 4) is 0 Å². The van der Waals surface area contributed by atoms with Crippen molar-refractivity contribution in [3.05, 3.63) is 29.6 Å². The number of pyridine rings is 1. The Morgan fingerprint density at radius 1 is 1.54 bits per heavy atom. The zero-order chi connectivity index (χ0) is 9.84. The molecule has 0 saturated carbocycles. The highest BCUT2D eigenvalue weighted by molar-refractivity contribution is 5.78. The molecule has 3 N–H and O–H groups in total. The van der Waals surface area contributed by atoms with Crippen molar-refractivity contribution in [2.75, 3.05) is 0 Å². The Hall–Kier alpha value is -1.38. The highest BCUT2D eigenvalue weighted by Gasteiger charge is 2.02. The molecule has 0 spiro atoms. The van der Waals surface area contributed by atoms with E-state index in [4.69, 9.17) is 11.1 Å². The average Bonchev–Trinajstić information content (AvgIpc) is 2.03. The SMILES string of the molecule is CC(C)c1cccc(CC(=N)N)n1. The van der Waals surface area contributed by atoms with Gasteiger partial charge in [0.2, 0.25) is 0 Å². The van der Waals surface area contributed by atoms with Crippen LogP contribution in [0, 0.1) is 5.41 Å². The fraction of sp³-hybridized carbons (Fsp3) is 0.400. The minimum absolute atomic E-state index is 0.161. The first-order valence-corrected chi connectivity index (χ1v) is 4.38. The maximum atomic E-state index is 7.15. The number of hydrogen-bond donors (Lipinski definition) is 2. The molecule has 1 rings (SSSR count). The largest absolute Gasteiger partial charge is 0.387 e. The van der Waals surface area contributed by atoms with Gasteiger partial charge in [-0.15, -0.1) is 0 Å². The Morgan fingerprint density at radius 3 is 2.77 bits per heavy atom. The van der Waals surface area contributed by atoms with E-state index in [1.807, 2.05) is 18.2 Å². The first-order valence-electron chi connectivity index (χ1n) is 4.38. The van der Waals surface area contributed by atoms with Gasteiger partial charge in [0.1, 0.15) is 0 Å². The summed E-state index contributed by atoms with van der Waals surface area (Å²) in [7, 11) is 0. The van der Waals surface area contributed by atoms with Crippen LogP contribution in [0.25, 0.3) is 0 Å². The second kappa shape index (κ2) is 4.03. The first-order chi connectivity index (χ1) is 6.09. The summed E-state index contributed by atoms with van der Waals surface area (Å²) in [6.45, 7) is 4.19. The minimum Gasteiger partial charge on any atom is -0.387 e. The van der Waals surface area contributed by atoms with E-state index in [0.29, 0.717) is 12.3 Å². The number of rotatable bonds is 3. The smallest absolute Gasteiger partial charge is 0.0966 e. The van der Waals surface area contributed by atoms with Gasteiger partial charge in [0.05, 0.1) is 5.84 Å². The van der Waals surface area contributed by atoms with E-state index in [0.717, 1.165) is 11.4 Å². The van der Waals surface area contributed by atoms with Crippen molar-refractivity contribution < 1.29 is 0 Å². The van der Waals surface area contributed by atoms with Crippen LogP contribution in [-0.2, 0) is 6.42 Å². The van der Waals surface area contributed by atoms with Crippen molar-refractivity contribution in [1.29, 1.82) is 5.41 Å². The Kier molecular flexibility index (Phi) is 3.01. The van der Waals surface area contributed by atoms with Crippen molar-refractivity contribution >= 4 is 5.84 Å². The second-order valence-corrected chi connectivity index (χ2v) is 3.41. The molecule has 1 aromatic heterocycles. The molecule has 13 heavy (non-hydrogen) atoms. The summed E-state index contributed by atoms with van der Waals surface area (Å²) >= 11 is 0. The molecule has 3 heteroatoms. The van der Waals surface area contributed by atoms with E-state index in [1.165, 1.54) is 0 Å². The number of amidine groups is 1. The molecule has 0 saturated heterocycles. The summed E-state index contributed by atoms with van der Waals surface area (Å²) in [5.74, 6) is 0.584. The molecule has 0 fully saturated rings. The van der Waals surface area contributed by atoms with Gasteiger partial charge in [-0.1, -0.05) is 19.9 Å². The van der Waals surface area contributed by atoms with Crippen LogP contribution in [-0.4, -0.2) is 10.8 Å². The van der Waals surface area contributed by atoms with Gasteiger partial charge in [0.15, 0.2) is 0 Å². The predicted molar refractivity (Wildman–Crippen MR) is 53.9 cm³/mol. The molecule has 70 valence electrons. The molecule has 1 aromatic rings. The van der Waals surface area contributed by atoms with Crippen LogP contribution >= 0.6 is 0 Å². The van der Waals surface area contributed by atoms with Crippen LogP contribution in [0.4, 0.5) is 0 Å². The summed E-state index contributed by atoms with van der Waals surface area (Å²) < 4.78 is 0. The minimum atomic E-state index is 0.161. The van der Waals surface area contributed by atoms with Gasteiger partial charge < -0.3 is 5.73 Å². The molecule has 1 heterocycles. The van der Waals surface area contributed by atoms with E-state index in [1.54, 1.807) is 0 Å². The summed E-state index contributed by atoms with van der Waals surface area (Å²) in [6, 6.07) is 5.85. The van der Waals surface area contributed by atoms with Crippen molar-refractivity contribution in [1.82, 2.24) is 4.98 Å². The van der Waals surface area contributed by atoms with Gasteiger partial charge in [0.25, 0.3) is 0 Å². The van der Waals surface area contributed by atoms with Crippen molar-refractivity contribution in [2.45, 2.75) is 26.2 Å². The lowest BCUT2D eigenvalue weighted by atomic mass is 10.1. The monoisotopic (exact) mass is 177 g/mol. The topological polar surface area (TPSA) is 62.8 Å². The summed E-state index contributed by atoms with van der Waals surface area (Å²) in [5, 5.41) is 7.15. The predicted octanol–water partition coefficient (Wildman–Crippen LogP) is 1.68. The number of aromatic nitrogens is 1. The molecule has 0 unspecified atom stereocenters. The fourth-order valence-electron chi connectivity index (χ4n) is 1.11. The van der Waals surface area contributed by atoms with Gasteiger partial charge in [-0.05, 0) is 18.1 Å². The third-order valence-corrected chi connectivity index (χ3v) is 1.79. The maximum absolute atomic E-state index is 7.15. The number of nitrogens with two attached hydrogens (primary N) is 1. The third kappa shape index (κ3) is 2.86. The van der Waals surface area contributed by atoms with E-state index in [9.17, 15) is 0 Å². The first kappa shape index (κ1) is 9.71. The molecule has 0 aliphatic carbocycles. The lowest BCUT2D eigenvalue weighted by molar-refractivity contribution is 0.812. The summed E-state index contributed by atoms with van der Waals surface area (Å²) in [5.41, 5.74) is 7.22. The van der Waals surface area contributed by atoms with Crippen LogP contribution in [0.15, 0.2) is 18.2 Å². The zero-order valence-electron chi connectivity index (χ0n) is 8.04. The zero-order valence-corrected chi connectivity index (χ0v) is 8.04. The van der Waals surface area contributed by atoms with Crippen LogP contribution in [0.2, 0.25) is 0 Å². The summed E-state index contributed by atoms with van der Waals surface area (Å²) in [6.07, 6.45) is 0.445. The molecular weight excluding hydrogens is 162 g/mol. The van der Waals surface area contributed by atoms with Crippen LogP contribution in [0.5, 0.6) is 0 Å². The Morgan fingerprint density at radius 2 is 2.23 bits per heavy atom. The van der Waals surface area contributed by atoms with Crippen LogP contribution < -0.4 is 5.73 Å². The highest BCUT2D eigenvalue weighted by atomic mass is 14.8. The highest BCUT2D eigenvalue weighted by Crippen LogP contribution is 2.11. The molecular formula is C10H15N3. The molecule has 0 radical (unpaired) electrons. The quantitative estimate of drug-likeness (QED) is 0.545. The van der Waals surface area contributed by atoms with Gasteiger partial charge in [-0.25, -0.2) is 0 Å². The molecule has 0 aliphatic rings. The Bertz CT molecular complexity index is 305. The maximum Gasteiger partial charge on any atom is 0.0966 e. The Labute approximate surface area is 78.5 Å². The number of hydrogen-bond acceptors (Lipinski definition) is 2. The molecule has 0 bridgehead atoms. The number of nitrogens with zero attached hydrogens (tertiary/aromatic N) is 1. The van der Waals surface area contributed by atoms with Gasteiger partial charge >= 0.3 is 0 Å². The number of nitrogens with one attached hydrogen (secondary N) is 1. The van der Waals surface area contributed by atoms with Crippen molar-refractivity contribution in [3.63, 3.8) is 0 Å². The van der Waals surface area contributed by atoms with Gasteiger partial charge in [-0.3, -0.25) is 10.4 Å². The van der Waals surface area contributed by atoms with Gasteiger partial charge in [-0.2, -0.15) is 0 Å². The second-order valence-electron chi connectivity index (χ2n) is 3.41. The Balaban J connectivity index is 2.85. The lowest BCUT2D eigenvalue weighted by Gasteiger charge is -2.05. The van der Waals surface area contributed by atoms with E-state index >= 15 is 0 Å². The van der Waals surface area contributed by atoms with Crippen LogP contribution in [0.1, 0.15) is 31.2 Å². The standard InChI is InChI=1S/C10H15N3/c1-7(2)9-5-3-4-8(13-9)6-10(11)12/h3-5,7H,6H2,1-2H3,(H3,11,12). The van der Waals surface area contributed by atoms with Gasteiger partial charge in [0, 0.05) is 17.8 Å². The molecule has 3 nitrogen and oxygen atoms in total. The molecule has 0 amide bonds. The third-order valence-electron chi connectivity index (χ3n) is 1.79. The van der Waals surface area contributed by atoms with E-state index in [2.05, 4.69) is 18.8 Å². The van der Waals surface area contributed by atoms with E-state index < -0.39 is 0 Å². The fourth-order valence-corrected chi connectivity index (χ4v) is 1.11. The summed E-state index contributed by atoms with van der Waals surface area (Å²) in [4.78, 5) is 4.39. The molecule has 0 aliphatic heterocycles. The molecule has 0 atom stereocenters. The molecule has 0 aromatic carbocycles. The van der Waals surface area contributed by atoms with Crippen LogP contribution in [0.3, 0.4) is 0 Å². The van der Waals surface area contributed by atoms with Crippen molar-refractivity contribution in [2.24, 2.45) is 5.73 Å². The normalized spacial score (nSPS) is 10.4.